The standard InChI is InChI=1S/C13H19ClN4O/c1-8-6-18(7-9(2)17(8)3)13(19)12-10(14)4-5-11(15)16-12/h4-5,8-9H,6-7H2,1-3H3,(H2,15,16). The first-order chi connectivity index (χ1) is 8.90. The normalized spacial score (nSPS) is 24.5. The Bertz CT molecular complexity index is 482. The van der Waals surface area contributed by atoms with Gasteiger partial charge in [0.05, 0.1) is 5.02 Å². The molecule has 0 aliphatic carbocycles. The first-order valence-corrected chi connectivity index (χ1v) is 6.71. The van der Waals surface area contributed by atoms with Crippen molar-refractivity contribution in [1.29, 1.82) is 0 Å². The lowest BCUT2D eigenvalue weighted by Gasteiger charge is -2.42. The highest BCUT2D eigenvalue weighted by Crippen LogP contribution is 2.20. The summed E-state index contributed by atoms with van der Waals surface area (Å²) >= 11 is 6.04. The van der Waals surface area contributed by atoms with Gasteiger partial charge >= 0.3 is 0 Å². The Morgan fingerprint density at radius 1 is 1.37 bits per heavy atom. The van der Waals surface area contributed by atoms with Gasteiger partial charge in [0.1, 0.15) is 11.5 Å². The number of rotatable bonds is 1. The minimum atomic E-state index is -0.149. The number of carbonyl (C=O) groups excluding carboxylic acids is 1. The van der Waals surface area contributed by atoms with Gasteiger partial charge in [-0.15, -0.1) is 0 Å². The molecule has 1 fully saturated rings. The Morgan fingerprint density at radius 2 is 1.95 bits per heavy atom. The van der Waals surface area contributed by atoms with E-state index in [9.17, 15) is 4.79 Å². The van der Waals surface area contributed by atoms with E-state index in [1.165, 1.54) is 0 Å². The number of likely N-dealkylation sites (N-methyl/N-ethyl adjacent to an activating group) is 1. The third kappa shape index (κ3) is 2.82. The quantitative estimate of drug-likeness (QED) is 0.847. The lowest BCUT2D eigenvalue weighted by atomic mass is 10.1. The van der Waals surface area contributed by atoms with E-state index in [2.05, 4.69) is 30.8 Å². The summed E-state index contributed by atoms with van der Waals surface area (Å²) in [6.45, 7) is 5.55. The summed E-state index contributed by atoms with van der Waals surface area (Å²) in [4.78, 5) is 20.6. The van der Waals surface area contributed by atoms with Crippen molar-refractivity contribution in [2.75, 3.05) is 25.9 Å². The zero-order valence-electron chi connectivity index (χ0n) is 11.4. The molecular formula is C13H19ClN4O. The van der Waals surface area contributed by atoms with Gasteiger partial charge in [0.25, 0.3) is 5.91 Å². The minimum absolute atomic E-state index is 0.149. The highest BCUT2D eigenvalue weighted by atomic mass is 35.5. The molecular weight excluding hydrogens is 264 g/mol. The van der Waals surface area contributed by atoms with Crippen LogP contribution in [0.5, 0.6) is 0 Å². The molecule has 0 aromatic carbocycles. The number of hydrogen-bond acceptors (Lipinski definition) is 4. The number of halogens is 1. The average Bonchev–Trinajstić information content (AvgIpc) is 2.37. The van der Waals surface area contributed by atoms with Crippen molar-refractivity contribution >= 4 is 23.3 Å². The highest BCUT2D eigenvalue weighted by molar-refractivity contribution is 6.33. The number of nitrogen functional groups attached to an aromatic ring is 1. The molecule has 0 bridgehead atoms. The number of nitrogens with zero attached hydrogens (tertiary/aromatic N) is 3. The third-order valence-electron chi connectivity index (χ3n) is 3.72. The topological polar surface area (TPSA) is 62.5 Å². The SMILES string of the molecule is CC1CN(C(=O)c2nc(N)ccc2Cl)CC(C)N1C. The summed E-state index contributed by atoms with van der Waals surface area (Å²) in [6, 6.07) is 3.83. The molecule has 0 saturated carbocycles. The fourth-order valence-electron chi connectivity index (χ4n) is 2.33. The smallest absolute Gasteiger partial charge is 0.274 e. The molecule has 1 saturated heterocycles. The van der Waals surface area contributed by atoms with Crippen LogP contribution in [0.1, 0.15) is 24.3 Å². The van der Waals surface area contributed by atoms with Gasteiger partial charge in [0.15, 0.2) is 0 Å². The minimum Gasteiger partial charge on any atom is -0.384 e. The van der Waals surface area contributed by atoms with Gasteiger partial charge in [-0.1, -0.05) is 11.6 Å². The van der Waals surface area contributed by atoms with Crippen molar-refractivity contribution in [2.24, 2.45) is 0 Å². The van der Waals surface area contributed by atoms with Crippen molar-refractivity contribution in [3.63, 3.8) is 0 Å². The molecule has 5 nitrogen and oxygen atoms in total. The van der Waals surface area contributed by atoms with Crippen LogP contribution in [0.2, 0.25) is 5.02 Å². The summed E-state index contributed by atoms with van der Waals surface area (Å²) in [5.74, 6) is 0.159. The summed E-state index contributed by atoms with van der Waals surface area (Å²) < 4.78 is 0. The van der Waals surface area contributed by atoms with Gasteiger partial charge in [0, 0.05) is 25.2 Å². The van der Waals surface area contributed by atoms with E-state index in [1.807, 2.05) is 0 Å². The summed E-state index contributed by atoms with van der Waals surface area (Å²) in [7, 11) is 2.07. The predicted molar refractivity (Wildman–Crippen MR) is 76.2 cm³/mol. The second kappa shape index (κ2) is 5.35. The number of piperazine rings is 1. The fraction of sp³-hybridized carbons (Fsp3) is 0.538. The molecule has 0 spiro atoms. The van der Waals surface area contributed by atoms with E-state index >= 15 is 0 Å². The average molecular weight is 283 g/mol. The van der Waals surface area contributed by atoms with Gasteiger partial charge in [-0.3, -0.25) is 9.69 Å². The van der Waals surface area contributed by atoms with E-state index in [1.54, 1.807) is 17.0 Å². The molecule has 104 valence electrons. The first-order valence-electron chi connectivity index (χ1n) is 6.33. The predicted octanol–water partition coefficient (Wildman–Crippen LogP) is 1.48. The second-order valence-electron chi connectivity index (χ2n) is 5.14. The van der Waals surface area contributed by atoms with Crippen LogP contribution in [0.15, 0.2) is 12.1 Å². The van der Waals surface area contributed by atoms with E-state index in [0.29, 0.717) is 36.0 Å². The van der Waals surface area contributed by atoms with Crippen molar-refractivity contribution < 1.29 is 4.79 Å². The van der Waals surface area contributed by atoms with Crippen LogP contribution in [-0.4, -0.2) is 52.9 Å². The number of amides is 1. The molecule has 1 aliphatic heterocycles. The molecule has 1 aliphatic rings. The maximum atomic E-state index is 12.5. The third-order valence-corrected chi connectivity index (χ3v) is 4.02. The largest absolute Gasteiger partial charge is 0.384 e. The summed E-state index contributed by atoms with van der Waals surface area (Å²) in [5, 5.41) is 0.346. The Balaban J connectivity index is 2.22. The number of anilines is 1. The molecule has 1 aromatic rings. The highest BCUT2D eigenvalue weighted by Gasteiger charge is 2.31. The molecule has 6 heteroatoms. The van der Waals surface area contributed by atoms with E-state index < -0.39 is 0 Å². The van der Waals surface area contributed by atoms with Crippen LogP contribution >= 0.6 is 11.6 Å². The van der Waals surface area contributed by atoms with E-state index in [4.69, 9.17) is 17.3 Å². The lowest BCUT2D eigenvalue weighted by molar-refractivity contribution is 0.0410. The van der Waals surface area contributed by atoms with Crippen molar-refractivity contribution in [2.45, 2.75) is 25.9 Å². The summed E-state index contributed by atoms with van der Waals surface area (Å²) in [5.41, 5.74) is 5.86. The Hall–Kier alpha value is -1.33. The zero-order chi connectivity index (χ0) is 14.2. The Kier molecular flexibility index (Phi) is 3.96. The van der Waals surface area contributed by atoms with Crippen LogP contribution in [0, 0.1) is 0 Å². The van der Waals surface area contributed by atoms with Crippen LogP contribution < -0.4 is 5.73 Å². The molecule has 2 heterocycles. The summed E-state index contributed by atoms with van der Waals surface area (Å²) in [6.07, 6.45) is 0. The van der Waals surface area contributed by atoms with Crippen molar-refractivity contribution in [3.05, 3.63) is 22.8 Å². The van der Waals surface area contributed by atoms with E-state index in [-0.39, 0.29) is 11.6 Å². The maximum absolute atomic E-state index is 12.5. The Morgan fingerprint density at radius 3 is 2.53 bits per heavy atom. The van der Waals surface area contributed by atoms with Gasteiger partial charge in [-0.2, -0.15) is 0 Å². The molecule has 1 amide bonds. The molecule has 2 rings (SSSR count). The lowest BCUT2D eigenvalue weighted by Crippen LogP contribution is -2.56. The van der Waals surface area contributed by atoms with Crippen molar-refractivity contribution in [1.82, 2.24) is 14.8 Å². The molecule has 1 aromatic heterocycles. The van der Waals surface area contributed by atoms with E-state index in [0.717, 1.165) is 0 Å². The number of carbonyl (C=O) groups is 1. The molecule has 0 radical (unpaired) electrons. The first kappa shape index (κ1) is 14.1. The zero-order valence-corrected chi connectivity index (χ0v) is 12.2. The maximum Gasteiger partial charge on any atom is 0.274 e. The van der Waals surface area contributed by atoms with Crippen LogP contribution in [-0.2, 0) is 0 Å². The van der Waals surface area contributed by atoms with Gasteiger partial charge < -0.3 is 10.6 Å². The number of nitrogens with two attached hydrogens (primary N) is 1. The molecule has 19 heavy (non-hydrogen) atoms. The molecule has 2 atom stereocenters. The number of pyridine rings is 1. The van der Waals surface area contributed by atoms with Gasteiger partial charge in [-0.05, 0) is 33.0 Å². The number of aromatic nitrogens is 1. The van der Waals surface area contributed by atoms with Crippen LogP contribution in [0.25, 0.3) is 0 Å². The monoisotopic (exact) mass is 282 g/mol. The Labute approximate surface area is 118 Å². The van der Waals surface area contributed by atoms with Crippen molar-refractivity contribution in [3.8, 4) is 0 Å². The number of hydrogen-bond donors (Lipinski definition) is 1. The second-order valence-corrected chi connectivity index (χ2v) is 5.55. The molecule has 2 unspecified atom stereocenters. The van der Waals surface area contributed by atoms with Gasteiger partial charge in [0.2, 0.25) is 0 Å². The van der Waals surface area contributed by atoms with Crippen LogP contribution in [0.3, 0.4) is 0 Å². The molecule has 2 N–H and O–H groups in total. The van der Waals surface area contributed by atoms with Crippen LogP contribution in [0.4, 0.5) is 5.82 Å². The van der Waals surface area contributed by atoms with Gasteiger partial charge in [-0.25, -0.2) is 4.98 Å². The fourth-order valence-corrected chi connectivity index (χ4v) is 2.51.